The van der Waals surface area contributed by atoms with Crippen LogP contribution in [-0.4, -0.2) is 16.3 Å². The summed E-state index contributed by atoms with van der Waals surface area (Å²) in [6, 6.07) is 9.26. The maximum atomic E-state index is 9.69. The van der Waals surface area contributed by atoms with Crippen molar-refractivity contribution in [3.63, 3.8) is 0 Å². The molecule has 0 spiro atoms. The van der Waals surface area contributed by atoms with Crippen LogP contribution in [0.4, 0.5) is 0 Å². The average molecular weight is 190 g/mol. The molecule has 2 N–H and O–H groups in total. The van der Waals surface area contributed by atoms with Gasteiger partial charge in [0.15, 0.2) is 0 Å². The summed E-state index contributed by atoms with van der Waals surface area (Å²) in [5, 5.41) is 19.0. The van der Waals surface area contributed by atoms with Crippen molar-refractivity contribution in [1.29, 1.82) is 0 Å². The molecule has 0 bridgehead atoms. The predicted octanol–water partition coefficient (Wildman–Crippen LogP) is 1.49. The Bertz CT molecular complexity index is 321. The minimum atomic E-state index is -0.754. The summed E-state index contributed by atoms with van der Waals surface area (Å²) in [6.45, 7) is 1.66. The van der Waals surface area contributed by atoms with Crippen LogP contribution in [-0.2, 0) is 0 Å². The van der Waals surface area contributed by atoms with Gasteiger partial charge in [0.1, 0.15) is 6.10 Å². The average Bonchev–Trinajstić information content (AvgIpc) is 2.19. The summed E-state index contributed by atoms with van der Waals surface area (Å²) in [5.41, 5.74) is 0.810. The highest BCUT2D eigenvalue weighted by atomic mass is 16.3. The van der Waals surface area contributed by atoms with Crippen molar-refractivity contribution in [2.45, 2.75) is 25.6 Å². The molecule has 2 atom stereocenters. The Morgan fingerprint density at radius 1 is 1.21 bits per heavy atom. The summed E-state index contributed by atoms with van der Waals surface area (Å²) >= 11 is 0. The normalized spacial score (nSPS) is 13.9. The Hall–Kier alpha value is -1.30. The number of hydrogen-bond donors (Lipinski definition) is 2. The van der Waals surface area contributed by atoms with Crippen LogP contribution in [0, 0.1) is 11.8 Å². The Morgan fingerprint density at radius 3 is 2.43 bits per heavy atom. The molecule has 0 fully saturated rings. The second-order valence-corrected chi connectivity index (χ2v) is 3.07. The van der Waals surface area contributed by atoms with E-state index in [1.54, 1.807) is 6.92 Å². The van der Waals surface area contributed by atoms with E-state index in [-0.39, 0.29) is 6.42 Å². The quantitative estimate of drug-likeness (QED) is 0.709. The lowest BCUT2D eigenvalue weighted by Gasteiger charge is -2.11. The van der Waals surface area contributed by atoms with Crippen molar-refractivity contribution in [1.82, 2.24) is 0 Å². The third kappa shape index (κ3) is 3.21. The molecule has 0 aromatic heterocycles. The van der Waals surface area contributed by atoms with Crippen molar-refractivity contribution in [3.8, 4) is 11.8 Å². The van der Waals surface area contributed by atoms with Crippen LogP contribution in [0.5, 0.6) is 0 Å². The number of aliphatic hydroxyl groups excluding tert-OH is 2. The molecule has 2 heteroatoms. The van der Waals surface area contributed by atoms with E-state index in [0.29, 0.717) is 0 Å². The Labute approximate surface area is 84.2 Å². The number of aliphatic hydroxyl groups is 2. The first-order valence-electron chi connectivity index (χ1n) is 4.57. The summed E-state index contributed by atoms with van der Waals surface area (Å²) < 4.78 is 0. The lowest BCUT2D eigenvalue weighted by atomic mass is 10.0. The molecule has 0 unspecified atom stereocenters. The minimum Gasteiger partial charge on any atom is -0.388 e. The van der Waals surface area contributed by atoms with Crippen LogP contribution in [0.3, 0.4) is 0 Å². The van der Waals surface area contributed by atoms with Gasteiger partial charge in [-0.15, -0.1) is 5.92 Å². The summed E-state index contributed by atoms with van der Waals surface area (Å²) in [4.78, 5) is 0. The fourth-order valence-electron chi connectivity index (χ4n) is 1.25. The zero-order chi connectivity index (χ0) is 10.4. The SMILES string of the molecule is CC#C[C@@H](O)C[C@@H](O)c1ccccc1. The Kier molecular flexibility index (Phi) is 4.18. The molecule has 2 nitrogen and oxygen atoms in total. The van der Waals surface area contributed by atoms with Gasteiger partial charge >= 0.3 is 0 Å². The van der Waals surface area contributed by atoms with E-state index in [0.717, 1.165) is 5.56 Å². The summed E-state index contributed by atoms with van der Waals surface area (Å²) in [6.07, 6.45) is -1.15. The Balaban J connectivity index is 2.57. The molecule has 0 heterocycles. The molecule has 1 aromatic carbocycles. The van der Waals surface area contributed by atoms with E-state index < -0.39 is 12.2 Å². The first-order valence-corrected chi connectivity index (χ1v) is 4.57. The largest absolute Gasteiger partial charge is 0.388 e. The van der Waals surface area contributed by atoms with Crippen LogP contribution in [0.1, 0.15) is 25.0 Å². The van der Waals surface area contributed by atoms with Gasteiger partial charge in [-0.3, -0.25) is 0 Å². The van der Waals surface area contributed by atoms with Gasteiger partial charge in [-0.05, 0) is 12.5 Å². The third-order valence-electron chi connectivity index (χ3n) is 1.94. The Morgan fingerprint density at radius 2 is 1.86 bits per heavy atom. The molecule has 0 radical (unpaired) electrons. The van der Waals surface area contributed by atoms with Gasteiger partial charge in [0.2, 0.25) is 0 Å². The lowest BCUT2D eigenvalue weighted by molar-refractivity contribution is 0.108. The molecule has 0 saturated carbocycles. The highest BCUT2D eigenvalue weighted by Gasteiger charge is 2.10. The molecular weight excluding hydrogens is 176 g/mol. The monoisotopic (exact) mass is 190 g/mol. The van der Waals surface area contributed by atoms with Gasteiger partial charge in [-0.25, -0.2) is 0 Å². The fraction of sp³-hybridized carbons (Fsp3) is 0.333. The number of benzene rings is 1. The molecular formula is C12H14O2. The second-order valence-electron chi connectivity index (χ2n) is 3.07. The van der Waals surface area contributed by atoms with Gasteiger partial charge in [0, 0.05) is 6.42 Å². The molecule has 1 rings (SSSR count). The zero-order valence-corrected chi connectivity index (χ0v) is 8.14. The molecule has 0 saturated heterocycles. The van der Waals surface area contributed by atoms with Crippen molar-refractivity contribution in [3.05, 3.63) is 35.9 Å². The molecule has 0 amide bonds. The van der Waals surface area contributed by atoms with E-state index >= 15 is 0 Å². The van der Waals surface area contributed by atoms with Crippen molar-refractivity contribution < 1.29 is 10.2 Å². The topological polar surface area (TPSA) is 40.5 Å². The minimum absolute atomic E-state index is 0.255. The molecule has 1 aromatic rings. The predicted molar refractivity (Wildman–Crippen MR) is 55.5 cm³/mol. The molecule has 14 heavy (non-hydrogen) atoms. The maximum absolute atomic E-state index is 9.69. The highest BCUT2D eigenvalue weighted by Crippen LogP contribution is 2.17. The van der Waals surface area contributed by atoms with Crippen LogP contribution in [0.25, 0.3) is 0 Å². The standard InChI is InChI=1S/C12H14O2/c1-2-6-11(13)9-12(14)10-7-4-3-5-8-10/h3-5,7-8,11-14H,9H2,1H3/t11-,12-/m1/s1. The molecule has 0 aliphatic heterocycles. The van der Waals surface area contributed by atoms with E-state index in [2.05, 4.69) is 11.8 Å². The van der Waals surface area contributed by atoms with Gasteiger partial charge in [0.05, 0.1) is 6.10 Å². The summed E-state index contributed by atoms with van der Waals surface area (Å²) in [5.74, 6) is 5.20. The number of rotatable bonds is 3. The zero-order valence-electron chi connectivity index (χ0n) is 8.14. The van der Waals surface area contributed by atoms with Crippen LogP contribution in [0.15, 0.2) is 30.3 Å². The third-order valence-corrected chi connectivity index (χ3v) is 1.94. The van der Waals surface area contributed by atoms with Crippen molar-refractivity contribution in [2.75, 3.05) is 0 Å². The van der Waals surface area contributed by atoms with Gasteiger partial charge in [-0.1, -0.05) is 36.3 Å². The fourth-order valence-corrected chi connectivity index (χ4v) is 1.25. The number of hydrogen-bond acceptors (Lipinski definition) is 2. The lowest BCUT2D eigenvalue weighted by Crippen LogP contribution is -2.09. The maximum Gasteiger partial charge on any atom is 0.117 e. The van der Waals surface area contributed by atoms with Gasteiger partial charge < -0.3 is 10.2 Å². The van der Waals surface area contributed by atoms with Crippen LogP contribution in [0.2, 0.25) is 0 Å². The highest BCUT2D eigenvalue weighted by molar-refractivity contribution is 5.18. The van der Waals surface area contributed by atoms with Crippen LogP contribution < -0.4 is 0 Å². The van der Waals surface area contributed by atoms with E-state index in [9.17, 15) is 10.2 Å². The first-order chi connectivity index (χ1) is 6.74. The molecule has 74 valence electrons. The van der Waals surface area contributed by atoms with Gasteiger partial charge in [0.25, 0.3) is 0 Å². The molecule has 0 aliphatic carbocycles. The molecule has 0 aliphatic rings. The van der Waals surface area contributed by atoms with E-state index in [4.69, 9.17) is 0 Å². The smallest absolute Gasteiger partial charge is 0.117 e. The van der Waals surface area contributed by atoms with Crippen LogP contribution >= 0.6 is 0 Å². The van der Waals surface area contributed by atoms with Crippen molar-refractivity contribution in [2.24, 2.45) is 0 Å². The van der Waals surface area contributed by atoms with E-state index in [1.165, 1.54) is 0 Å². The summed E-state index contributed by atoms with van der Waals surface area (Å²) in [7, 11) is 0. The second kappa shape index (κ2) is 5.43. The van der Waals surface area contributed by atoms with Crippen molar-refractivity contribution >= 4 is 0 Å². The first kappa shape index (κ1) is 10.8. The van der Waals surface area contributed by atoms with E-state index in [1.807, 2.05) is 30.3 Å². The van der Waals surface area contributed by atoms with Gasteiger partial charge in [-0.2, -0.15) is 0 Å².